The van der Waals surface area contributed by atoms with Gasteiger partial charge in [-0.1, -0.05) is 55.0 Å². The number of alkyl carbamates (subject to hydrolysis) is 1. The van der Waals surface area contributed by atoms with Gasteiger partial charge >= 0.3 is 12.1 Å². The van der Waals surface area contributed by atoms with Gasteiger partial charge in [0, 0.05) is 17.2 Å². The fraction of sp³-hybridized carbons (Fsp3) is 0.423. The first-order valence-corrected chi connectivity index (χ1v) is 12.9. The predicted molar refractivity (Wildman–Crippen MR) is 132 cm³/mol. The smallest absolute Gasteiger partial charge is 0.407 e. The highest BCUT2D eigenvalue weighted by atomic mass is 32.2. The fourth-order valence-electron chi connectivity index (χ4n) is 4.96. The number of carbonyl (C=O) groups is 3. The Labute approximate surface area is 203 Å². The summed E-state index contributed by atoms with van der Waals surface area (Å²) < 4.78 is 5.50. The third-order valence-electron chi connectivity index (χ3n) is 6.64. The van der Waals surface area contributed by atoms with Crippen LogP contribution in [0.2, 0.25) is 0 Å². The quantitative estimate of drug-likeness (QED) is 0.522. The van der Waals surface area contributed by atoms with Crippen LogP contribution in [-0.2, 0) is 14.3 Å². The molecule has 0 spiro atoms. The summed E-state index contributed by atoms with van der Waals surface area (Å²) in [5, 5.41) is 15.2. The number of hydrogen-bond donors (Lipinski definition) is 3. The minimum absolute atomic E-state index is 0.0145. The Bertz CT molecular complexity index is 1010. The predicted octanol–water partition coefficient (Wildman–Crippen LogP) is 4.16. The van der Waals surface area contributed by atoms with Gasteiger partial charge in [-0.3, -0.25) is 9.59 Å². The summed E-state index contributed by atoms with van der Waals surface area (Å²) in [4.78, 5) is 36.8. The molecule has 4 rings (SSSR count). The molecule has 0 saturated heterocycles. The highest BCUT2D eigenvalue weighted by molar-refractivity contribution is 7.99. The van der Waals surface area contributed by atoms with Crippen molar-refractivity contribution in [3.05, 3.63) is 59.7 Å². The Morgan fingerprint density at radius 2 is 1.71 bits per heavy atom. The number of fused-ring (bicyclic) bond motifs is 3. The first-order valence-electron chi connectivity index (χ1n) is 11.6. The van der Waals surface area contributed by atoms with E-state index in [1.807, 2.05) is 48.5 Å². The summed E-state index contributed by atoms with van der Waals surface area (Å²) in [6.07, 6.45) is 4.58. The number of thioether (sulfide) groups is 1. The van der Waals surface area contributed by atoms with Crippen molar-refractivity contribution in [1.29, 1.82) is 0 Å². The lowest BCUT2D eigenvalue weighted by Gasteiger charge is -2.30. The first kappa shape index (κ1) is 24.1. The zero-order valence-electron chi connectivity index (χ0n) is 19.2. The molecule has 1 fully saturated rings. The van der Waals surface area contributed by atoms with Crippen molar-refractivity contribution in [1.82, 2.24) is 10.6 Å². The third kappa shape index (κ3) is 5.55. The van der Waals surface area contributed by atoms with Gasteiger partial charge in [-0.25, -0.2) is 4.79 Å². The first-order chi connectivity index (χ1) is 16.5. The van der Waals surface area contributed by atoms with Crippen LogP contribution in [0.3, 0.4) is 0 Å². The molecule has 1 saturated carbocycles. The third-order valence-corrected chi connectivity index (χ3v) is 7.73. The Kier molecular flexibility index (Phi) is 7.77. The van der Waals surface area contributed by atoms with Crippen molar-refractivity contribution in [3.63, 3.8) is 0 Å². The number of rotatable bonds is 8. The molecule has 3 unspecified atom stereocenters. The average Bonchev–Trinajstić information content (AvgIpc) is 3.16. The van der Waals surface area contributed by atoms with Gasteiger partial charge in [0.1, 0.15) is 12.6 Å². The van der Waals surface area contributed by atoms with Gasteiger partial charge in [-0.2, -0.15) is 11.8 Å². The van der Waals surface area contributed by atoms with Crippen LogP contribution in [0.15, 0.2) is 48.5 Å². The molecule has 2 aromatic rings. The molecule has 0 heterocycles. The zero-order valence-corrected chi connectivity index (χ0v) is 20.0. The van der Waals surface area contributed by atoms with Crippen molar-refractivity contribution in [2.75, 3.05) is 12.9 Å². The molecule has 3 atom stereocenters. The Hall–Kier alpha value is -3.00. The van der Waals surface area contributed by atoms with Gasteiger partial charge < -0.3 is 20.5 Å². The van der Waals surface area contributed by atoms with E-state index in [-0.39, 0.29) is 18.6 Å². The van der Waals surface area contributed by atoms with Gasteiger partial charge in [-0.15, -0.1) is 0 Å². The number of amides is 2. The van der Waals surface area contributed by atoms with E-state index in [0.29, 0.717) is 5.25 Å². The van der Waals surface area contributed by atoms with Crippen molar-refractivity contribution in [2.45, 2.75) is 55.4 Å². The molecule has 0 radical (unpaired) electrons. The molecule has 2 amide bonds. The minimum Gasteiger partial charge on any atom is -0.481 e. The molecule has 34 heavy (non-hydrogen) atoms. The number of carbonyl (C=O) groups excluding carboxylic acids is 2. The van der Waals surface area contributed by atoms with Crippen molar-refractivity contribution in [2.24, 2.45) is 0 Å². The number of hydrogen-bond acceptors (Lipinski definition) is 5. The summed E-state index contributed by atoms with van der Waals surface area (Å²) in [5.41, 5.74) is 4.39. The number of benzene rings is 2. The van der Waals surface area contributed by atoms with Crippen LogP contribution in [-0.4, -0.2) is 53.3 Å². The van der Waals surface area contributed by atoms with Crippen LogP contribution in [0.4, 0.5) is 4.79 Å². The van der Waals surface area contributed by atoms with Gasteiger partial charge in [0.25, 0.3) is 0 Å². The zero-order chi connectivity index (χ0) is 24.1. The SMILES string of the molecule is CSC1CCCC(NC(=O)C(CC(=O)O)NC(=O)OCC2c3ccccc3-c3ccccc32)C1. The second-order valence-electron chi connectivity index (χ2n) is 8.85. The van der Waals surface area contributed by atoms with E-state index < -0.39 is 30.4 Å². The summed E-state index contributed by atoms with van der Waals surface area (Å²) in [5.74, 6) is -1.76. The van der Waals surface area contributed by atoms with Crippen molar-refractivity contribution < 1.29 is 24.2 Å². The monoisotopic (exact) mass is 482 g/mol. The Balaban J connectivity index is 1.38. The lowest BCUT2D eigenvalue weighted by molar-refractivity contribution is -0.140. The second kappa shape index (κ2) is 11.0. The van der Waals surface area contributed by atoms with E-state index in [2.05, 4.69) is 16.9 Å². The molecule has 3 N–H and O–H groups in total. The average molecular weight is 483 g/mol. The molecule has 0 aromatic heterocycles. The number of carboxylic acid groups (broad SMARTS) is 1. The van der Waals surface area contributed by atoms with Crippen LogP contribution in [0.5, 0.6) is 0 Å². The molecule has 2 aliphatic rings. The van der Waals surface area contributed by atoms with E-state index in [1.165, 1.54) is 0 Å². The molecule has 8 heteroatoms. The van der Waals surface area contributed by atoms with E-state index in [9.17, 15) is 19.5 Å². The topological polar surface area (TPSA) is 105 Å². The second-order valence-corrected chi connectivity index (χ2v) is 9.99. The van der Waals surface area contributed by atoms with Gasteiger partial charge in [0.2, 0.25) is 5.91 Å². The largest absolute Gasteiger partial charge is 0.481 e. The molecule has 0 bridgehead atoms. The summed E-state index contributed by atoms with van der Waals surface area (Å²) >= 11 is 1.78. The normalized spacial score (nSPS) is 20.0. The summed E-state index contributed by atoms with van der Waals surface area (Å²) in [6, 6.07) is 14.8. The van der Waals surface area contributed by atoms with E-state index in [1.54, 1.807) is 11.8 Å². The van der Waals surface area contributed by atoms with Crippen molar-refractivity contribution in [3.8, 4) is 11.1 Å². The number of aliphatic carboxylic acids is 1. The number of ether oxygens (including phenoxy) is 1. The molecule has 2 aromatic carbocycles. The van der Waals surface area contributed by atoms with Gasteiger partial charge in [-0.05, 0) is 47.8 Å². The maximum absolute atomic E-state index is 12.8. The van der Waals surface area contributed by atoms with Crippen LogP contribution in [0.25, 0.3) is 11.1 Å². The highest BCUT2D eigenvalue weighted by Gasteiger charge is 2.31. The lowest BCUT2D eigenvalue weighted by Crippen LogP contribution is -2.51. The van der Waals surface area contributed by atoms with Gasteiger partial charge in [0.05, 0.1) is 6.42 Å². The van der Waals surface area contributed by atoms with E-state index in [4.69, 9.17) is 4.74 Å². The highest BCUT2D eigenvalue weighted by Crippen LogP contribution is 2.44. The summed E-state index contributed by atoms with van der Waals surface area (Å²) in [7, 11) is 0. The molecule has 0 aliphatic heterocycles. The summed E-state index contributed by atoms with van der Waals surface area (Å²) in [6.45, 7) is 0.0965. The van der Waals surface area contributed by atoms with Crippen LogP contribution < -0.4 is 10.6 Å². The Morgan fingerprint density at radius 3 is 2.32 bits per heavy atom. The van der Waals surface area contributed by atoms with Gasteiger partial charge in [0.15, 0.2) is 0 Å². The van der Waals surface area contributed by atoms with Crippen molar-refractivity contribution >= 4 is 29.7 Å². The maximum Gasteiger partial charge on any atom is 0.407 e. The van der Waals surface area contributed by atoms with E-state index >= 15 is 0 Å². The molecule has 7 nitrogen and oxygen atoms in total. The maximum atomic E-state index is 12.8. The lowest BCUT2D eigenvalue weighted by atomic mass is 9.94. The molecular formula is C26H30N2O5S. The number of carboxylic acids is 1. The van der Waals surface area contributed by atoms with E-state index in [0.717, 1.165) is 47.9 Å². The van der Waals surface area contributed by atoms with Crippen LogP contribution in [0.1, 0.15) is 49.1 Å². The van der Waals surface area contributed by atoms with Crippen LogP contribution >= 0.6 is 11.8 Å². The molecule has 180 valence electrons. The van der Waals surface area contributed by atoms with Crippen LogP contribution in [0, 0.1) is 0 Å². The standard InChI is InChI=1S/C26H30N2O5S/c1-34-17-8-6-7-16(13-17)27-25(31)23(14-24(29)30)28-26(32)33-15-22-20-11-4-2-9-18(20)19-10-3-5-12-21(19)22/h2-5,9-12,16-17,22-23H,6-8,13-15H2,1H3,(H,27,31)(H,28,32)(H,29,30). The minimum atomic E-state index is -1.19. The fourth-order valence-corrected chi connectivity index (χ4v) is 5.79. The molecular weight excluding hydrogens is 452 g/mol. The number of nitrogens with one attached hydrogen (secondary N) is 2. The molecule has 2 aliphatic carbocycles. The Morgan fingerprint density at radius 1 is 1.06 bits per heavy atom.